The van der Waals surface area contributed by atoms with Crippen molar-refractivity contribution < 1.29 is 21.8 Å². The molecule has 1 N–H and O–H groups in total. The van der Waals surface area contributed by atoms with Gasteiger partial charge in [-0.2, -0.15) is 13.2 Å². The van der Waals surface area contributed by atoms with Gasteiger partial charge in [0.1, 0.15) is 5.82 Å². The van der Waals surface area contributed by atoms with Crippen LogP contribution < -0.4 is 5.32 Å². The standard InChI is InChI=1S/C11H13F4NOS/c1-7(18(2)17)6-16-10-4-3-8(5-9(10)12)11(13,14)15/h3-5,7,16H,6H2,1-2H3. The van der Waals surface area contributed by atoms with E-state index in [4.69, 9.17) is 0 Å². The van der Waals surface area contributed by atoms with Crippen LogP contribution in [0.15, 0.2) is 18.2 Å². The molecule has 0 aliphatic carbocycles. The summed E-state index contributed by atoms with van der Waals surface area (Å²) < 4.78 is 61.3. The van der Waals surface area contributed by atoms with Gasteiger partial charge in [-0.05, 0) is 25.1 Å². The number of alkyl halides is 3. The van der Waals surface area contributed by atoms with E-state index in [1.54, 1.807) is 6.92 Å². The molecule has 0 heterocycles. The van der Waals surface area contributed by atoms with E-state index in [1.807, 2.05) is 0 Å². The lowest BCUT2D eigenvalue weighted by atomic mass is 10.2. The zero-order valence-electron chi connectivity index (χ0n) is 9.84. The van der Waals surface area contributed by atoms with Crippen molar-refractivity contribution in [2.75, 3.05) is 18.1 Å². The predicted octanol–water partition coefficient (Wildman–Crippen LogP) is 3.02. The van der Waals surface area contributed by atoms with Crippen molar-refractivity contribution in [2.24, 2.45) is 0 Å². The first kappa shape index (κ1) is 14.9. The van der Waals surface area contributed by atoms with E-state index in [2.05, 4.69) is 5.32 Å². The lowest BCUT2D eigenvalue weighted by molar-refractivity contribution is -0.137. The van der Waals surface area contributed by atoms with Crippen LogP contribution in [0.25, 0.3) is 0 Å². The molecular weight excluding hydrogens is 270 g/mol. The van der Waals surface area contributed by atoms with Crippen LogP contribution in [0.1, 0.15) is 12.5 Å². The summed E-state index contributed by atoms with van der Waals surface area (Å²) in [5.74, 6) is -0.973. The van der Waals surface area contributed by atoms with Crippen LogP contribution in [0, 0.1) is 5.82 Å². The van der Waals surface area contributed by atoms with E-state index < -0.39 is 28.4 Å². The highest BCUT2D eigenvalue weighted by Gasteiger charge is 2.31. The van der Waals surface area contributed by atoms with Crippen molar-refractivity contribution in [3.8, 4) is 0 Å². The summed E-state index contributed by atoms with van der Waals surface area (Å²) in [6.45, 7) is 1.93. The van der Waals surface area contributed by atoms with E-state index >= 15 is 0 Å². The number of rotatable bonds is 4. The molecule has 2 unspecified atom stereocenters. The van der Waals surface area contributed by atoms with Gasteiger partial charge in [0.05, 0.1) is 11.3 Å². The molecule has 0 saturated carbocycles. The Kier molecular flexibility index (Phi) is 4.72. The van der Waals surface area contributed by atoms with Crippen LogP contribution in [-0.2, 0) is 17.0 Å². The normalized spacial score (nSPS) is 15.2. The van der Waals surface area contributed by atoms with Crippen LogP contribution in [0.4, 0.5) is 23.2 Å². The molecule has 0 saturated heterocycles. The van der Waals surface area contributed by atoms with Gasteiger partial charge in [-0.15, -0.1) is 0 Å². The first-order chi connectivity index (χ1) is 8.21. The number of hydrogen-bond acceptors (Lipinski definition) is 2. The fraction of sp³-hybridized carbons (Fsp3) is 0.455. The summed E-state index contributed by atoms with van der Waals surface area (Å²) >= 11 is 0. The van der Waals surface area contributed by atoms with Crippen LogP contribution in [0.5, 0.6) is 0 Å². The predicted molar refractivity (Wildman–Crippen MR) is 63.4 cm³/mol. The minimum Gasteiger partial charge on any atom is -0.381 e. The Morgan fingerprint density at radius 2 is 2.00 bits per heavy atom. The second-order valence-electron chi connectivity index (χ2n) is 3.88. The molecule has 7 heteroatoms. The molecule has 18 heavy (non-hydrogen) atoms. The molecule has 0 aromatic heterocycles. The zero-order valence-corrected chi connectivity index (χ0v) is 10.7. The van der Waals surface area contributed by atoms with Crippen LogP contribution >= 0.6 is 0 Å². The molecule has 1 aromatic carbocycles. The molecule has 2 nitrogen and oxygen atoms in total. The highest BCUT2D eigenvalue weighted by atomic mass is 32.2. The van der Waals surface area contributed by atoms with E-state index in [1.165, 1.54) is 6.26 Å². The van der Waals surface area contributed by atoms with Crippen molar-refractivity contribution in [2.45, 2.75) is 18.3 Å². The Hall–Kier alpha value is -1.11. The maximum absolute atomic E-state index is 13.4. The largest absolute Gasteiger partial charge is 0.416 e. The van der Waals surface area contributed by atoms with Gasteiger partial charge in [0.15, 0.2) is 0 Å². The van der Waals surface area contributed by atoms with Crippen molar-refractivity contribution in [1.29, 1.82) is 0 Å². The average Bonchev–Trinajstić information content (AvgIpc) is 2.25. The quantitative estimate of drug-likeness (QED) is 0.861. The molecule has 1 aromatic rings. The third-order valence-electron chi connectivity index (χ3n) is 2.44. The molecule has 0 amide bonds. The van der Waals surface area contributed by atoms with Gasteiger partial charge in [0.2, 0.25) is 0 Å². The first-order valence-electron chi connectivity index (χ1n) is 5.14. The Morgan fingerprint density at radius 1 is 1.39 bits per heavy atom. The van der Waals surface area contributed by atoms with Crippen molar-refractivity contribution in [3.63, 3.8) is 0 Å². The second-order valence-corrected chi connectivity index (χ2v) is 5.68. The molecule has 0 bridgehead atoms. The van der Waals surface area contributed by atoms with Crippen molar-refractivity contribution >= 4 is 16.5 Å². The fourth-order valence-corrected chi connectivity index (χ4v) is 1.52. The number of nitrogens with one attached hydrogen (secondary N) is 1. The summed E-state index contributed by atoms with van der Waals surface area (Å²) in [4.78, 5) is 0. The molecule has 0 aliphatic heterocycles. The monoisotopic (exact) mass is 283 g/mol. The molecule has 0 spiro atoms. The molecule has 1 rings (SSSR count). The van der Waals surface area contributed by atoms with E-state index in [-0.39, 0.29) is 17.5 Å². The van der Waals surface area contributed by atoms with Crippen molar-refractivity contribution in [1.82, 2.24) is 0 Å². The Morgan fingerprint density at radius 3 is 2.44 bits per heavy atom. The lowest BCUT2D eigenvalue weighted by Gasteiger charge is -2.13. The number of anilines is 1. The molecule has 102 valence electrons. The van der Waals surface area contributed by atoms with Crippen LogP contribution in [0.3, 0.4) is 0 Å². The first-order valence-corrected chi connectivity index (χ1v) is 6.76. The number of benzene rings is 1. The van der Waals surface area contributed by atoms with Gasteiger partial charge in [-0.25, -0.2) is 4.39 Å². The van der Waals surface area contributed by atoms with Gasteiger partial charge in [0.25, 0.3) is 0 Å². The minimum absolute atomic E-state index is 0.0275. The lowest BCUT2D eigenvalue weighted by Crippen LogP contribution is -2.21. The summed E-state index contributed by atoms with van der Waals surface area (Å²) in [5.41, 5.74) is -1.06. The Balaban J connectivity index is 2.78. The number of hydrogen-bond donors (Lipinski definition) is 1. The van der Waals surface area contributed by atoms with Gasteiger partial charge in [-0.3, -0.25) is 4.21 Å². The van der Waals surface area contributed by atoms with Gasteiger partial charge in [-0.1, -0.05) is 0 Å². The maximum Gasteiger partial charge on any atom is 0.416 e. The van der Waals surface area contributed by atoms with E-state index in [0.29, 0.717) is 6.07 Å². The molecule has 0 fully saturated rings. The highest BCUT2D eigenvalue weighted by molar-refractivity contribution is 7.84. The Bertz CT molecular complexity index is 447. The average molecular weight is 283 g/mol. The molecule has 0 aliphatic rings. The van der Waals surface area contributed by atoms with Gasteiger partial charge in [0, 0.05) is 28.9 Å². The Labute approximate surface area is 105 Å². The summed E-state index contributed by atoms with van der Waals surface area (Å²) in [5, 5.41) is 2.42. The van der Waals surface area contributed by atoms with Crippen LogP contribution in [0.2, 0.25) is 0 Å². The fourth-order valence-electron chi connectivity index (χ4n) is 1.21. The summed E-state index contributed by atoms with van der Waals surface area (Å²) in [6, 6.07) is 2.28. The third kappa shape index (κ3) is 3.97. The second kappa shape index (κ2) is 5.69. The van der Waals surface area contributed by atoms with E-state index in [0.717, 1.165) is 12.1 Å². The smallest absolute Gasteiger partial charge is 0.381 e. The minimum atomic E-state index is -4.56. The third-order valence-corrected chi connectivity index (χ3v) is 3.74. The highest BCUT2D eigenvalue weighted by Crippen LogP contribution is 2.31. The van der Waals surface area contributed by atoms with E-state index in [9.17, 15) is 21.8 Å². The molecule has 0 radical (unpaired) electrons. The SMILES string of the molecule is CC(CNc1ccc(C(F)(F)F)cc1F)S(C)=O. The number of halogens is 4. The van der Waals surface area contributed by atoms with Crippen molar-refractivity contribution in [3.05, 3.63) is 29.6 Å². The topological polar surface area (TPSA) is 29.1 Å². The zero-order chi connectivity index (χ0) is 13.9. The molecule has 2 atom stereocenters. The van der Waals surface area contributed by atoms with Gasteiger partial charge >= 0.3 is 6.18 Å². The van der Waals surface area contributed by atoms with Crippen LogP contribution in [-0.4, -0.2) is 22.3 Å². The summed E-state index contributed by atoms with van der Waals surface area (Å²) in [7, 11) is -1.07. The molecular formula is C11H13F4NOS. The van der Waals surface area contributed by atoms with Gasteiger partial charge < -0.3 is 5.32 Å². The maximum atomic E-state index is 13.4. The summed E-state index contributed by atoms with van der Waals surface area (Å²) in [6.07, 6.45) is -3.05.